The van der Waals surface area contributed by atoms with E-state index < -0.39 is 81.4 Å². The van der Waals surface area contributed by atoms with Gasteiger partial charge in [-0.1, -0.05) is 19.9 Å². The standard InChI is InChI=1S/C27H32N2O9/c1-6-11(30)8-12-9(2)7-13-10(3)14-16(21(32)15(13)20(12)31)24(35)27(38)18(22(14)33)19(29(4)5)23(34)17(25(27)36)26(28)37/h7,10,14,18-19,22,31-33,36,38H,6,8H2,1-5H3,(H2,28,37). The highest BCUT2D eigenvalue weighted by Crippen LogP contribution is 2.56. The fourth-order valence-corrected chi connectivity index (χ4v) is 6.40. The lowest BCUT2D eigenvalue weighted by molar-refractivity contribution is -0.169. The number of phenols is 1. The van der Waals surface area contributed by atoms with Gasteiger partial charge < -0.3 is 31.3 Å². The fraction of sp³-hybridized carbons (Fsp3) is 0.481. The highest BCUT2D eigenvalue weighted by Gasteiger charge is 2.68. The number of nitrogens with two attached hydrogens (primary N) is 1. The van der Waals surface area contributed by atoms with Crippen LogP contribution in [0.5, 0.6) is 5.75 Å². The summed E-state index contributed by atoms with van der Waals surface area (Å²) in [6.07, 6.45) is -1.54. The molecule has 0 heterocycles. The first-order valence-electron chi connectivity index (χ1n) is 12.3. The van der Waals surface area contributed by atoms with Crippen LogP contribution in [0.4, 0.5) is 0 Å². The van der Waals surface area contributed by atoms with E-state index in [4.69, 9.17) is 5.73 Å². The van der Waals surface area contributed by atoms with E-state index in [0.29, 0.717) is 11.1 Å². The summed E-state index contributed by atoms with van der Waals surface area (Å²) in [6, 6.07) is 0.258. The maximum atomic E-state index is 14.0. The molecule has 0 spiro atoms. The Morgan fingerprint density at radius 1 is 1.16 bits per heavy atom. The molecule has 0 saturated heterocycles. The second-order valence-electron chi connectivity index (χ2n) is 10.6. The number of aliphatic hydroxyl groups excluding tert-OH is 3. The van der Waals surface area contributed by atoms with Gasteiger partial charge in [0.15, 0.2) is 11.4 Å². The molecule has 11 nitrogen and oxygen atoms in total. The molecular formula is C27H32N2O9. The SMILES string of the molecule is CCC(=O)Cc1c(C)cc2c(c1O)C(O)=C1C(=O)C3(O)C(O)=C(C(N)=O)C(=O)C(N(C)C)C3C(O)C1C2C. The smallest absolute Gasteiger partial charge is 0.255 e. The number of aliphatic hydroxyl groups is 4. The summed E-state index contributed by atoms with van der Waals surface area (Å²) < 4.78 is 0. The maximum Gasteiger partial charge on any atom is 0.255 e. The molecule has 11 heteroatoms. The van der Waals surface area contributed by atoms with E-state index in [1.54, 1.807) is 26.8 Å². The van der Waals surface area contributed by atoms with Gasteiger partial charge in [-0.25, -0.2) is 0 Å². The Labute approximate surface area is 218 Å². The van der Waals surface area contributed by atoms with E-state index >= 15 is 0 Å². The Morgan fingerprint density at radius 2 is 1.76 bits per heavy atom. The molecule has 0 aliphatic heterocycles. The number of hydrogen-bond donors (Lipinski definition) is 6. The van der Waals surface area contributed by atoms with Gasteiger partial charge in [0.25, 0.3) is 5.91 Å². The minimum absolute atomic E-state index is 0.109. The number of aromatic hydroxyl groups is 1. The Balaban J connectivity index is 2.04. The number of carbonyl (C=O) groups is 4. The first-order chi connectivity index (χ1) is 17.6. The van der Waals surface area contributed by atoms with Gasteiger partial charge >= 0.3 is 0 Å². The van der Waals surface area contributed by atoms with Crippen LogP contribution in [0.2, 0.25) is 0 Å². The highest BCUT2D eigenvalue weighted by atomic mass is 16.4. The molecule has 204 valence electrons. The quantitative estimate of drug-likeness (QED) is 0.289. The number of fused-ring (bicyclic) bond motifs is 3. The molecule has 1 aromatic carbocycles. The lowest BCUT2D eigenvalue weighted by Crippen LogP contribution is -2.70. The first-order valence-corrected chi connectivity index (χ1v) is 12.3. The van der Waals surface area contributed by atoms with Crippen molar-refractivity contribution in [1.29, 1.82) is 0 Å². The lowest BCUT2D eigenvalue weighted by atomic mass is 9.54. The topological polar surface area (TPSA) is 199 Å². The number of likely N-dealkylation sites (N-methyl/N-ethyl adjacent to an activating group) is 1. The fourth-order valence-electron chi connectivity index (χ4n) is 6.40. The summed E-state index contributed by atoms with van der Waals surface area (Å²) in [4.78, 5) is 52.7. The van der Waals surface area contributed by atoms with E-state index in [0.717, 1.165) is 0 Å². The van der Waals surface area contributed by atoms with Gasteiger partial charge in [-0.05, 0) is 38.1 Å². The van der Waals surface area contributed by atoms with Gasteiger partial charge in [0.1, 0.15) is 28.6 Å². The van der Waals surface area contributed by atoms with Gasteiger partial charge in [-0.15, -0.1) is 0 Å². The Kier molecular flexibility index (Phi) is 6.54. The summed E-state index contributed by atoms with van der Waals surface area (Å²) in [6.45, 7) is 5.03. The second kappa shape index (κ2) is 9.04. The van der Waals surface area contributed by atoms with Crippen molar-refractivity contribution in [3.8, 4) is 5.75 Å². The molecule has 3 aliphatic rings. The van der Waals surface area contributed by atoms with Crippen molar-refractivity contribution in [3.05, 3.63) is 45.2 Å². The largest absolute Gasteiger partial charge is 0.508 e. The Morgan fingerprint density at radius 3 is 2.29 bits per heavy atom. The van der Waals surface area contributed by atoms with Crippen molar-refractivity contribution in [3.63, 3.8) is 0 Å². The van der Waals surface area contributed by atoms with Crippen LogP contribution in [-0.4, -0.2) is 85.5 Å². The summed E-state index contributed by atoms with van der Waals surface area (Å²) >= 11 is 0. The van der Waals surface area contributed by atoms with Gasteiger partial charge in [0.2, 0.25) is 5.78 Å². The number of ketones is 3. The zero-order valence-corrected chi connectivity index (χ0v) is 21.8. The predicted molar refractivity (Wildman–Crippen MR) is 134 cm³/mol. The number of benzene rings is 1. The molecule has 1 aromatic rings. The molecule has 3 aliphatic carbocycles. The first kappa shape index (κ1) is 27.5. The van der Waals surface area contributed by atoms with Gasteiger partial charge in [0, 0.05) is 29.9 Å². The third-order valence-corrected chi connectivity index (χ3v) is 8.35. The van der Waals surface area contributed by atoms with Crippen LogP contribution >= 0.6 is 0 Å². The second-order valence-corrected chi connectivity index (χ2v) is 10.6. The van der Waals surface area contributed by atoms with Crippen LogP contribution in [0, 0.1) is 18.8 Å². The Hall–Kier alpha value is -3.54. The van der Waals surface area contributed by atoms with Crippen molar-refractivity contribution in [2.45, 2.75) is 57.3 Å². The number of aryl methyl sites for hydroxylation is 1. The number of nitrogens with zero attached hydrogens (tertiary/aromatic N) is 1. The van der Waals surface area contributed by atoms with E-state index in [-0.39, 0.29) is 29.8 Å². The van der Waals surface area contributed by atoms with E-state index in [1.165, 1.54) is 19.0 Å². The summed E-state index contributed by atoms with van der Waals surface area (Å²) in [5.74, 6) is -9.59. The summed E-state index contributed by atoms with van der Waals surface area (Å²) in [7, 11) is 2.90. The van der Waals surface area contributed by atoms with Crippen molar-refractivity contribution in [1.82, 2.24) is 4.90 Å². The van der Waals surface area contributed by atoms with Gasteiger partial charge in [-0.3, -0.25) is 24.1 Å². The monoisotopic (exact) mass is 528 g/mol. The highest BCUT2D eigenvalue weighted by molar-refractivity contribution is 6.24. The molecule has 38 heavy (non-hydrogen) atoms. The maximum absolute atomic E-state index is 14.0. The number of carbonyl (C=O) groups excluding carboxylic acids is 4. The zero-order chi connectivity index (χ0) is 28.6. The number of hydrogen-bond acceptors (Lipinski definition) is 10. The van der Waals surface area contributed by atoms with Crippen LogP contribution in [0.1, 0.15) is 48.4 Å². The van der Waals surface area contributed by atoms with Crippen molar-refractivity contribution in [2.75, 3.05) is 14.1 Å². The van der Waals surface area contributed by atoms with Crippen LogP contribution < -0.4 is 5.73 Å². The van der Waals surface area contributed by atoms with Crippen molar-refractivity contribution >= 4 is 29.0 Å². The number of Topliss-reactive ketones (excluding diaryl/α,β-unsaturated/α-hetero) is 3. The van der Waals surface area contributed by atoms with Crippen LogP contribution in [-0.2, 0) is 25.6 Å². The average Bonchev–Trinajstić information content (AvgIpc) is 2.83. The van der Waals surface area contributed by atoms with Crippen LogP contribution in [0.15, 0.2) is 23.0 Å². The molecule has 1 amide bonds. The summed E-state index contributed by atoms with van der Waals surface area (Å²) in [5.41, 5.74) is 2.03. The molecular weight excluding hydrogens is 496 g/mol. The minimum atomic E-state index is -2.97. The zero-order valence-electron chi connectivity index (χ0n) is 21.8. The number of amides is 1. The van der Waals surface area contributed by atoms with Crippen LogP contribution in [0.3, 0.4) is 0 Å². The predicted octanol–water partition coefficient (Wildman–Crippen LogP) is 0.326. The molecule has 0 radical (unpaired) electrons. The van der Waals surface area contributed by atoms with Gasteiger partial charge in [0.05, 0.1) is 23.6 Å². The molecule has 1 saturated carbocycles. The van der Waals surface area contributed by atoms with E-state index in [2.05, 4.69) is 0 Å². The normalized spacial score (nSPS) is 30.8. The number of primary amides is 1. The van der Waals surface area contributed by atoms with E-state index in [1.807, 2.05) is 0 Å². The molecule has 0 aromatic heterocycles. The van der Waals surface area contributed by atoms with Crippen molar-refractivity contribution in [2.24, 2.45) is 17.6 Å². The average molecular weight is 529 g/mol. The van der Waals surface area contributed by atoms with E-state index in [9.17, 15) is 44.7 Å². The molecule has 0 bridgehead atoms. The van der Waals surface area contributed by atoms with Crippen LogP contribution in [0.25, 0.3) is 5.76 Å². The number of rotatable bonds is 5. The third-order valence-electron chi connectivity index (χ3n) is 8.35. The van der Waals surface area contributed by atoms with Crippen molar-refractivity contribution < 1.29 is 44.7 Å². The molecule has 4 rings (SSSR count). The Bertz CT molecular complexity index is 1360. The summed E-state index contributed by atoms with van der Waals surface area (Å²) in [5, 5.41) is 56.8. The molecule has 1 fully saturated rings. The number of phenolic OH excluding ortho intramolecular Hbond substituents is 1. The lowest BCUT2D eigenvalue weighted by Gasteiger charge is -2.53. The molecule has 6 unspecified atom stereocenters. The molecule has 6 atom stereocenters. The third kappa shape index (κ3) is 3.45. The minimum Gasteiger partial charge on any atom is -0.508 e. The van der Waals surface area contributed by atoms with Gasteiger partial charge in [-0.2, -0.15) is 0 Å². The molecule has 7 N–H and O–H groups in total.